The van der Waals surface area contributed by atoms with E-state index in [-0.39, 0.29) is 11.9 Å². The van der Waals surface area contributed by atoms with Crippen LogP contribution in [-0.2, 0) is 20.7 Å². The molecular formula is C23H27NO6. The van der Waals surface area contributed by atoms with Gasteiger partial charge < -0.3 is 24.2 Å². The van der Waals surface area contributed by atoms with Crippen LogP contribution >= 0.6 is 0 Å². The van der Waals surface area contributed by atoms with Crippen molar-refractivity contribution >= 4 is 11.9 Å². The Labute approximate surface area is 175 Å². The van der Waals surface area contributed by atoms with E-state index in [1.807, 2.05) is 31.2 Å². The molecule has 3 aliphatic heterocycles. The Kier molecular flexibility index (Phi) is 5.10. The van der Waals surface area contributed by atoms with Crippen molar-refractivity contribution in [3.8, 4) is 11.5 Å². The van der Waals surface area contributed by atoms with Crippen LogP contribution in [0.2, 0.25) is 0 Å². The number of rotatable bonds is 8. The lowest BCUT2D eigenvalue weighted by Gasteiger charge is -2.33. The van der Waals surface area contributed by atoms with Gasteiger partial charge in [-0.05, 0) is 37.5 Å². The van der Waals surface area contributed by atoms with Gasteiger partial charge in [-0.1, -0.05) is 23.8 Å². The Bertz CT molecular complexity index is 924. The standard InChI is InChI=1S/C23H27NO6/c1-13(2)11-18-23-9-7-16(30-23)19(22(26)27)20(23)21(25)24(18)10-8-14-5-6-15(28-3)17(12-14)29-4/h5-7,9,12,16,18-20H,1,8,10-11H2,2-4H3,(H,26,27)/t16-,18+,19-,20-,23-/m1/s1. The number of nitrogens with zero attached hydrogens (tertiary/aromatic N) is 1. The maximum atomic E-state index is 13.4. The normalized spacial score (nSPS) is 31.2. The molecule has 1 amide bonds. The van der Waals surface area contributed by atoms with E-state index in [9.17, 15) is 14.7 Å². The van der Waals surface area contributed by atoms with Crippen molar-refractivity contribution < 1.29 is 28.9 Å². The zero-order valence-corrected chi connectivity index (χ0v) is 17.5. The molecule has 0 aliphatic carbocycles. The molecule has 0 unspecified atom stereocenters. The summed E-state index contributed by atoms with van der Waals surface area (Å²) in [5.74, 6) is -1.40. The van der Waals surface area contributed by atoms with E-state index >= 15 is 0 Å². The lowest BCUT2D eigenvalue weighted by molar-refractivity contribution is -0.148. The molecule has 7 heteroatoms. The second-order valence-electron chi connectivity index (χ2n) is 8.28. The fourth-order valence-corrected chi connectivity index (χ4v) is 5.15. The van der Waals surface area contributed by atoms with Crippen LogP contribution in [0.4, 0.5) is 0 Å². The number of hydrogen-bond donors (Lipinski definition) is 1. The van der Waals surface area contributed by atoms with Gasteiger partial charge in [-0.15, -0.1) is 6.58 Å². The number of likely N-dealkylation sites (tertiary alicyclic amines) is 1. The first-order valence-corrected chi connectivity index (χ1v) is 10.1. The van der Waals surface area contributed by atoms with Crippen LogP contribution in [0.3, 0.4) is 0 Å². The minimum atomic E-state index is -0.986. The highest BCUT2D eigenvalue weighted by Crippen LogP contribution is 2.56. The predicted octanol–water partition coefficient (Wildman–Crippen LogP) is 2.45. The van der Waals surface area contributed by atoms with Crippen LogP contribution in [0.15, 0.2) is 42.5 Å². The Morgan fingerprint density at radius 1 is 1.30 bits per heavy atom. The number of aliphatic carboxylic acids is 1. The smallest absolute Gasteiger partial charge is 0.310 e. The monoisotopic (exact) mass is 413 g/mol. The number of amides is 1. The van der Waals surface area contributed by atoms with Crippen LogP contribution in [0.1, 0.15) is 18.9 Å². The van der Waals surface area contributed by atoms with Gasteiger partial charge >= 0.3 is 5.97 Å². The fraction of sp³-hybridized carbons (Fsp3) is 0.478. The molecule has 1 aromatic rings. The van der Waals surface area contributed by atoms with Crippen molar-refractivity contribution in [2.45, 2.75) is 37.5 Å². The average molecular weight is 413 g/mol. The first-order valence-electron chi connectivity index (χ1n) is 10.1. The van der Waals surface area contributed by atoms with Crippen molar-refractivity contribution in [1.29, 1.82) is 0 Å². The summed E-state index contributed by atoms with van der Waals surface area (Å²) in [4.78, 5) is 27.1. The molecule has 7 nitrogen and oxygen atoms in total. The minimum absolute atomic E-state index is 0.152. The van der Waals surface area contributed by atoms with Crippen molar-refractivity contribution in [3.63, 3.8) is 0 Å². The van der Waals surface area contributed by atoms with Gasteiger partial charge in [-0.2, -0.15) is 0 Å². The van der Waals surface area contributed by atoms with Crippen LogP contribution in [0.25, 0.3) is 0 Å². The van der Waals surface area contributed by atoms with Crippen molar-refractivity contribution in [2.24, 2.45) is 11.8 Å². The third-order valence-electron chi connectivity index (χ3n) is 6.45. The maximum absolute atomic E-state index is 13.4. The quantitative estimate of drug-likeness (QED) is 0.659. The van der Waals surface area contributed by atoms with E-state index in [4.69, 9.17) is 14.2 Å². The fourth-order valence-electron chi connectivity index (χ4n) is 5.15. The summed E-state index contributed by atoms with van der Waals surface area (Å²) in [6.07, 6.45) is 4.33. The van der Waals surface area contributed by atoms with Crippen molar-refractivity contribution in [1.82, 2.24) is 4.90 Å². The molecule has 0 saturated carbocycles. The average Bonchev–Trinajstić information content (AvgIpc) is 3.35. The number of carbonyl (C=O) groups is 2. The molecule has 5 atom stereocenters. The summed E-state index contributed by atoms with van der Waals surface area (Å²) in [5.41, 5.74) is 1.04. The third-order valence-corrected chi connectivity index (χ3v) is 6.45. The molecule has 1 spiro atoms. The van der Waals surface area contributed by atoms with E-state index in [0.29, 0.717) is 30.9 Å². The Hall–Kier alpha value is -2.80. The Balaban J connectivity index is 1.61. The van der Waals surface area contributed by atoms with Crippen molar-refractivity contribution in [2.75, 3.05) is 20.8 Å². The number of fused-ring (bicyclic) bond motifs is 1. The molecule has 3 aliphatic rings. The molecule has 1 N–H and O–H groups in total. The maximum Gasteiger partial charge on any atom is 0.310 e. The van der Waals surface area contributed by atoms with Gasteiger partial charge in [-0.25, -0.2) is 0 Å². The third kappa shape index (κ3) is 2.99. The molecule has 4 rings (SSSR count). The summed E-state index contributed by atoms with van der Waals surface area (Å²) in [7, 11) is 3.17. The first-order chi connectivity index (χ1) is 14.3. The summed E-state index contributed by atoms with van der Waals surface area (Å²) < 4.78 is 16.8. The topological polar surface area (TPSA) is 85.3 Å². The summed E-state index contributed by atoms with van der Waals surface area (Å²) >= 11 is 0. The lowest BCUT2D eigenvalue weighted by Crippen LogP contribution is -2.45. The van der Waals surface area contributed by atoms with Gasteiger partial charge in [0.15, 0.2) is 11.5 Å². The number of carboxylic acids is 1. The van der Waals surface area contributed by atoms with E-state index in [1.54, 1.807) is 25.2 Å². The lowest BCUT2D eigenvalue weighted by atomic mass is 9.74. The highest BCUT2D eigenvalue weighted by atomic mass is 16.5. The molecule has 1 aromatic carbocycles. The first kappa shape index (κ1) is 20.5. The molecule has 2 saturated heterocycles. The second kappa shape index (κ2) is 7.47. The van der Waals surface area contributed by atoms with Crippen LogP contribution in [0, 0.1) is 11.8 Å². The highest BCUT2D eigenvalue weighted by molar-refractivity contribution is 5.91. The van der Waals surface area contributed by atoms with Gasteiger partial charge in [0.2, 0.25) is 5.91 Å². The zero-order chi connectivity index (χ0) is 21.6. The SMILES string of the molecule is C=C(C)C[C@@H]1N(CCc2ccc(OC)c(OC)c2)C(=O)[C@H]2[C@H](C(=O)O)[C@H]3C=C[C@@]12O3. The molecule has 0 aromatic heterocycles. The number of carbonyl (C=O) groups excluding carboxylic acids is 1. The molecule has 2 bridgehead atoms. The summed E-state index contributed by atoms with van der Waals surface area (Å²) in [5, 5.41) is 9.74. The summed E-state index contributed by atoms with van der Waals surface area (Å²) in [6.45, 7) is 6.40. The number of benzene rings is 1. The number of ether oxygens (including phenoxy) is 3. The number of methoxy groups -OCH3 is 2. The van der Waals surface area contributed by atoms with Gasteiger partial charge in [0.05, 0.1) is 32.3 Å². The number of hydrogen-bond acceptors (Lipinski definition) is 5. The molecular weight excluding hydrogens is 386 g/mol. The largest absolute Gasteiger partial charge is 0.493 e. The molecule has 2 fully saturated rings. The second-order valence-corrected chi connectivity index (χ2v) is 8.28. The van der Waals surface area contributed by atoms with Crippen molar-refractivity contribution in [3.05, 3.63) is 48.1 Å². The van der Waals surface area contributed by atoms with Crippen LogP contribution in [0.5, 0.6) is 11.5 Å². The summed E-state index contributed by atoms with van der Waals surface area (Å²) in [6, 6.07) is 5.41. The minimum Gasteiger partial charge on any atom is -0.493 e. The van der Waals surface area contributed by atoms with E-state index in [1.165, 1.54) is 0 Å². The predicted molar refractivity (Wildman–Crippen MR) is 110 cm³/mol. The van der Waals surface area contributed by atoms with E-state index in [2.05, 4.69) is 6.58 Å². The van der Waals surface area contributed by atoms with Gasteiger partial charge in [0, 0.05) is 6.54 Å². The van der Waals surface area contributed by atoms with Gasteiger partial charge in [0.1, 0.15) is 11.5 Å². The number of carboxylic acid groups (broad SMARTS) is 1. The Morgan fingerprint density at radius 3 is 2.67 bits per heavy atom. The van der Waals surface area contributed by atoms with Crippen LogP contribution in [-0.4, -0.2) is 60.4 Å². The zero-order valence-electron chi connectivity index (χ0n) is 17.5. The van der Waals surface area contributed by atoms with E-state index < -0.39 is 29.5 Å². The molecule has 160 valence electrons. The van der Waals surface area contributed by atoms with E-state index in [0.717, 1.165) is 11.1 Å². The van der Waals surface area contributed by atoms with Gasteiger partial charge in [-0.3, -0.25) is 9.59 Å². The van der Waals surface area contributed by atoms with Crippen LogP contribution < -0.4 is 9.47 Å². The molecule has 30 heavy (non-hydrogen) atoms. The highest BCUT2D eigenvalue weighted by Gasteiger charge is 2.70. The van der Waals surface area contributed by atoms with Gasteiger partial charge in [0.25, 0.3) is 0 Å². The molecule has 3 heterocycles. The Morgan fingerprint density at radius 2 is 2.03 bits per heavy atom. The molecule has 0 radical (unpaired) electrons.